The van der Waals surface area contributed by atoms with Gasteiger partial charge >= 0.3 is 5.97 Å². The second-order valence-electron chi connectivity index (χ2n) is 10.6. The van der Waals surface area contributed by atoms with Crippen molar-refractivity contribution < 1.29 is 27.8 Å². The number of aliphatic carboxylic acids is 1. The zero-order chi connectivity index (χ0) is 29.0. The first kappa shape index (κ1) is 29.5. The number of unbranched alkanes of at least 4 members (excludes halogenated alkanes) is 1. The number of rotatable bonds is 15. The molecule has 0 aliphatic heterocycles. The third-order valence-corrected chi connectivity index (χ3v) is 9.21. The van der Waals surface area contributed by atoms with Gasteiger partial charge in [0.1, 0.15) is 11.8 Å². The van der Waals surface area contributed by atoms with E-state index in [1.165, 1.54) is 12.1 Å². The third-order valence-electron chi connectivity index (χ3n) is 7.40. The van der Waals surface area contributed by atoms with Crippen LogP contribution in [0.5, 0.6) is 5.75 Å². The Morgan fingerprint density at radius 2 is 1.93 bits per heavy atom. The first-order chi connectivity index (χ1) is 19.7. The Morgan fingerprint density at radius 3 is 2.63 bits per heavy atom. The fourth-order valence-electron chi connectivity index (χ4n) is 4.69. The number of para-hydroxylation sites is 1. The molecular formula is C30H34ClN3O6S. The zero-order valence-corrected chi connectivity index (χ0v) is 24.2. The molecule has 2 aromatic carbocycles. The van der Waals surface area contributed by atoms with E-state index >= 15 is 0 Å². The number of hydrogen-bond acceptors (Lipinski definition) is 7. The maximum absolute atomic E-state index is 12.7. The van der Waals surface area contributed by atoms with Crippen LogP contribution in [0.15, 0.2) is 65.8 Å². The standard InChI is InChI=1S/C30H34ClN3O6S/c31-26-17-22(41(37,38)34-15-4-3-6-27(32)29(35)36)11-8-20(26)19-39-30(13-14-30)25-18-33-16-12-23(25)24-5-1-2-7-28(24)40-21-9-10-21/h1-2,5,7-8,11-12,16-18,21,27,34H,3-4,6,9-10,13-15,19,32H2,(H,35,36). The van der Waals surface area contributed by atoms with Gasteiger partial charge in [0.25, 0.3) is 0 Å². The van der Waals surface area contributed by atoms with Gasteiger partial charge in [-0.1, -0.05) is 42.3 Å². The largest absolute Gasteiger partial charge is 0.490 e. The van der Waals surface area contributed by atoms with Crippen molar-refractivity contribution in [2.45, 2.75) is 74.2 Å². The smallest absolute Gasteiger partial charge is 0.320 e. The van der Waals surface area contributed by atoms with Crippen LogP contribution in [0.1, 0.15) is 56.1 Å². The maximum Gasteiger partial charge on any atom is 0.320 e. The van der Waals surface area contributed by atoms with Gasteiger partial charge < -0.3 is 20.3 Å². The molecule has 3 aromatic rings. The molecular weight excluding hydrogens is 566 g/mol. The number of carbonyl (C=O) groups is 1. The molecule has 2 saturated carbocycles. The highest BCUT2D eigenvalue weighted by atomic mass is 35.5. The third kappa shape index (κ3) is 7.25. The molecule has 9 nitrogen and oxygen atoms in total. The summed E-state index contributed by atoms with van der Waals surface area (Å²) in [5.41, 5.74) is 8.69. The van der Waals surface area contributed by atoms with Crippen LogP contribution in [0.25, 0.3) is 11.1 Å². The summed E-state index contributed by atoms with van der Waals surface area (Å²) in [6, 6.07) is 13.7. The summed E-state index contributed by atoms with van der Waals surface area (Å²) >= 11 is 6.51. The molecule has 1 heterocycles. The van der Waals surface area contributed by atoms with Crippen LogP contribution in [-0.4, -0.2) is 43.2 Å². The Balaban J connectivity index is 1.23. The molecule has 0 bridgehead atoms. The maximum atomic E-state index is 12.7. The molecule has 0 amide bonds. The van der Waals surface area contributed by atoms with Crippen molar-refractivity contribution in [1.29, 1.82) is 0 Å². The van der Waals surface area contributed by atoms with Crippen LogP contribution in [0, 0.1) is 0 Å². The predicted molar refractivity (Wildman–Crippen MR) is 155 cm³/mol. The summed E-state index contributed by atoms with van der Waals surface area (Å²) in [4.78, 5) is 15.2. The number of carboxylic acid groups (broad SMARTS) is 1. The van der Waals surface area contributed by atoms with Crippen molar-refractivity contribution in [3.8, 4) is 16.9 Å². The second-order valence-corrected chi connectivity index (χ2v) is 12.8. The molecule has 0 saturated heterocycles. The van der Waals surface area contributed by atoms with Crippen molar-refractivity contribution in [3.05, 3.63) is 77.1 Å². The molecule has 0 spiro atoms. The summed E-state index contributed by atoms with van der Waals surface area (Å²) in [6.07, 6.45) is 8.97. The first-order valence-corrected chi connectivity index (χ1v) is 15.7. The number of benzene rings is 2. The van der Waals surface area contributed by atoms with Crippen molar-refractivity contribution in [3.63, 3.8) is 0 Å². The fraction of sp³-hybridized carbons (Fsp3) is 0.400. The summed E-state index contributed by atoms with van der Waals surface area (Å²) < 4.78 is 40.7. The van der Waals surface area contributed by atoms with E-state index in [-0.39, 0.29) is 30.6 Å². The van der Waals surface area contributed by atoms with Gasteiger partial charge in [-0.2, -0.15) is 0 Å². The minimum Gasteiger partial charge on any atom is -0.490 e. The number of pyridine rings is 1. The van der Waals surface area contributed by atoms with Crippen molar-refractivity contribution in [1.82, 2.24) is 9.71 Å². The molecule has 11 heteroatoms. The van der Waals surface area contributed by atoms with E-state index < -0.39 is 27.6 Å². The van der Waals surface area contributed by atoms with Gasteiger partial charge in [-0.25, -0.2) is 13.1 Å². The molecule has 5 rings (SSSR count). The van der Waals surface area contributed by atoms with Gasteiger partial charge in [0.15, 0.2) is 0 Å². The van der Waals surface area contributed by atoms with Crippen LogP contribution >= 0.6 is 11.6 Å². The van der Waals surface area contributed by atoms with Crippen molar-refractivity contribution in [2.24, 2.45) is 5.73 Å². The van der Waals surface area contributed by atoms with Crippen LogP contribution < -0.4 is 15.2 Å². The summed E-state index contributed by atoms with van der Waals surface area (Å²) in [6.45, 7) is 0.382. The van der Waals surface area contributed by atoms with E-state index in [0.717, 1.165) is 48.1 Å². The minimum absolute atomic E-state index is 0.0523. The number of ether oxygens (including phenoxy) is 2. The molecule has 1 aromatic heterocycles. The Kier molecular flexibility index (Phi) is 8.96. The van der Waals surface area contributed by atoms with Gasteiger partial charge in [0.05, 0.1) is 23.2 Å². The molecule has 2 fully saturated rings. The van der Waals surface area contributed by atoms with E-state index in [4.69, 9.17) is 31.9 Å². The average molecular weight is 600 g/mol. The molecule has 41 heavy (non-hydrogen) atoms. The van der Waals surface area contributed by atoms with E-state index in [1.54, 1.807) is 12.3 Å². The van der Waals surface area contributed by atoms with E-state index in [0.29, 0.717) is 23.4 Å². The molecule has 0 radical (unpaired) electrons. The average Bonchev–Trinajstić information content (AvgIpc) is 3.90. The highest BCUT2D eigenvalue weighted by molar-refractivity contribution is 7.89. The highest BCUT2D eigenvalue weighted by Crippen LogP contribution is 2.53. The molecule has 4 N–H and O–H groups in total. The lowest BCUT2D eigenvalue weighted by Crippen LogP contribution is -2.30. The fourth-order valence-corrected chi connectivity index (χ4v) is 6.09. The molecule has 2 aliphatic rings. The SMILES string of the molecule is NC(CCCCNS(=O)(=O)c1ccc(COC2(c3cnccc3-c3ccccc3OC3CC3)CC2)c(Cl)c1)C(=O)O. The van der Waals surface area contributed by atoms with Gasteiger partial charge in [-0.3, -0.25) is 9.78 Å². The van der Waals surface area contributed by atoms with E-state index in [9.17, 15) is 13.2 Å². The number of nitrogens with one attached hydrogen (secondary N) is 1. The minimum atomic E-state index is -3.78. The van der Waals surface area contributed by atoms with Crippen LogP contribution in [0.2, 0.25) is 5.02 Å². The van der Waals surface area contributed by atoms with Gasteiger partial charge in [0.2, 0.25) is 10.0 Å². The number of aromatic nitrogens is 1. The van der Waals surface area contributed by atoms with Gasteiger partial charge in [-0.05, 0) is 73.9 Å². The van der Waals surface area contributed by atoms with Crippen LogP contribution in [-0.2, 0) is 31.8 Å². The molecule has 1 unspecified atom stereocenters. The lowest BCUT2D eigenvalue weighted by molar-refractivity contribution is -0.138. The number of hydrogen-bond donors (Lipinski definition) is 3. The Hall–Kier alpha value is -3.02. The van der Waals surface area contributed by atoms with Gasteiger partial charge in [-0.15, -0.1) is 0 Å². The van der Waals surface area contributed by atoms with Crippen LogP contribution in [0.3, 0.4) is 0 Å². The summed E-state index contributed by atoms with van der Waals surface area (Å²) in [5, 5.41) is 9.14. The topological polar surface area (TPSA) is 141 Å². The Morgan fingerprint density at radius 1 is 1.15 bits per heavy atom. The first-order valence-electron chi connectivity index (χ1n) is 13.8. The monoisotopic (exact) mass is 599 g/mol. The van der Waals surface area contributed by atoms with Gasteiger partial charge in [0, 0.05) is 35.1 Å². The number of halogens is 1. The van der Waals surface area contributed by atoms with E-state index in [2.05, 4.69) is 15.8 Å². The second kappa shape index (κ2) is 12.5. The summed E-state index contributed by atoms with van der Waals surface area (Å²) in [5.74, 6) is -0.211. The number of nitrogens with two attached hydrogens (primary N) is 1. The summed E-state index contributed by atoms with van der Waals surface area (Å²) in [7, 11) is -3.78. The predicted octanol–water partition coefficient (Wildman–Crippen LogP) is 5.01. The zero-order valence-electron chi connectivity index (χ0n) is 22.6. The van der Waals surface area contributed by atoms with Crippen molar-refractivity contribution in [2.75, 3.05) is 6.54 Å². The highest BCUT2D eigenvalue weighted by Gasteiger charge is 2.47. The van der Waals surface area contributed by atoms with Crippen molar-refractivity contribution >= 4 is 27.6 Å². The van der Waals surface area contributed by atoms with E-state index in [1.807, 2.05) is 30.5 Å². The molecule has 2 aliphatic carbocycles. The van der Waals surface area contributed by atoms with Crippen LogP contribution in [0.4, 0.5) is 0 Å². The lowest BCUT2D eigenvalue weighted by atomic mass is 9.96. The molecule has 218 valence electrons. The number of sulfonamides is 1. The normalized spacial score (nSPS) is 16.7. The molecule has 1 atom stereocenters. The Labute approximate surface area is 245 Å². The lowest BCUT2D eigenvalue weighted by Gasteiger charge is -2.22. The Bertz CT molecular complexity index is 1510. The number of nitrogens with zero attached hydrogens (tertiary/aromatic N) is 1. The quantitative estimate of drug-likeness (QED) is 0.207. The number of carboxylic acids is 1.